The molecule has 0 saturated heterocycles. The molecule has 0 amide bonds. The van der Waals surface area contributed by atoms with Crippen molar-refractivity contribution in [2.45, 2.75) is 381 Å². The topological polar surface area (TPSA) is 237 Å². The smallest absolute Gasteiger partial charge is 0.462 e. The van der Waals surface area contributed by atoms with Crippen molar-refractivity contribution in [1.29, 1.82) is 0 Å². The Hall–Kier alpha value is -1.94. The minimum absolute atomic E-state index is 0.106. The molecule has 0 bridgehead atoms. The first-order valence-corrected chi connectivity index (χ1v) is 40.0. The van der Waals surface area contributed by atoms with Gasteiger partial charge in [-0.1, -0.05) is 311 Å². The van der Waals surface area contributed by atoms with E-state index in [1.54, 1.807) is 0 Å². The molecule has 0 aromatic carbocycles. The van der Waals surface area contributed by atoms with Gasteiger partial charge in [0.25, 0.3) is 0 Å². The third-order valence-electron chi connectivity index (χ3n) is 16.5. The van der Waals surface area contributed by atoms with Crippen LogP contribution in [0.4, 0.5) is 0 Å². The van der Waals surface area contributed by atoms with Gasteiger partial charge in [0, 0.05) is 25.7 Å². The average Bonchev–Trinajstić information content (AvgIpc) is 3.47. The maximum absolute atomic E-state index is 13.0. The van der Waals surface area contributed by atoms with E-state index < -0.39 is 97.5 Å². The van der Waals surface area contributed by atoms with Crippen molar-refractivity contribution < 1.29 is 80.2 Å². The second-order valence-electron chi connectivity index (χ2n) is 26.6. The number of phosphoric ester groups is 2. The third-order valence-corrected chi connectivity index (χ3v) is 18.4. The second-order valence-corrected chi connectivity index (χ2v) is 29.5. The Bertz CT molecular complexity index is 1750. The van der Waals surface area contributed by atoms with Crippen LogP contribution in [0.25, 0.3) is 0 Å². The fourth-order valence-electron chi connectivity index (χ4n) is 10.8. The summed E-state index contributed by atoms with van der Waals surface area (Å²) >= 11 is 0. The number of hydrogen-bond acceptors (Lipinski definition) is 15. The highest BCUT2D eigenvalue weighted by atomic mass is 31.2. The Morgan fingerprint density at radius 2 is 0.511 bits per heavy atom. The van der Waals surface area contributed by atoms with Gasteiger partial charge in [-0.3, -0.25) is 37.3 Å². The van der Waals surface area contributed by atoms with E-state index in [-0.39, 0.29) is 25.7 Å². The normalized spacial score (nSPS) is 14.1. The lowest BCUT2D eigenvalue weighted by Gasteiger charge is -2.21. The summed E-state index contributed by atoms with van der Waals surface area (Å²) in [5.41, 5.74) is 0. The minimum Gasteiger partial charge on any atom is -0.462 e. The number of hydrogen-bond donors (Lipinski definition) is 3. The zero-order valence-corrected chi connectivity index (χ0v) is 60.2. The van der Waals surface area contributed by atoms with E-state index in [4.69, 9.17) is 37.0 Å². The minimum atomic E-state index is -4.95. The molecule has 0 aromatic heterocycles. The van der Waals surface area contributed by atoms with Gasteiger partial charge >= 0.3 is 39.5 Å². The highest BCUT2D eigenvalue weighted by molar-refractivity contribution is 7.47. The molecule has 0 spiro atoms. The summed E-state index contributed by atoms with van der Waals surface area (Å²) in [6, 6.07) is 0. The molecule has 0 aliphatic carbocycles. The number of ether oxygens (including phenoxy) is 4. The Balaban J connectivity index is 5.18. The van der Waals surface area contributed by atoms with Crippen molar-refractivity contribution in [2.75, 3.05) is 39.6 Å². The number of unbranched alkanes of at least 4 members (excludes halogenated alkanes) is 40. The van der Waals surface area contributed by atoms with E-state index in [2.05, 4.69) is 41.5 Å². The largest absolute Gasteiger partial charge is 0.472 e. The quantitative estimate of drug-likeness (QED) is 0.0222. The van der Waals surface area contributed by atoms with Gasteiger partial charge in [0.05, 0.1) is 26.4 Å². The molecular weight excluding hydrogens is 1190 g/mol. The van der Waals surface area contributed by atoms with Crippen molar-refractivity contribution in [3.05, 3.63) is 0 Å². The van der Waals surface area contributed by atoms with Crippen LogP contribution < -0.4 is 0 Å². The lowest BCUT2D eigenvalue weighted by atomic mass is 10.0. The van der Waals surface area contributed by atoms with Crippen LogP contribution in [0.1, 0.15) is 363 Å². The van der Waals surface area contributed by atoms with Crippen LogP contribution in [0.5, 0.6) is 0 Å². The van der Waals surface area contributed by atoms with Gasteiger partial charge in [0.15, 0.2) is 12.2 Å². The summed E-state index contributed by atoms with van der Waals surface area (Å²) in [6.45, 7) is 9.55. The fourth-order valence-corrected chi connectivity index (χ4v) is 12.3. The Kier molecular flexibility index (Phi) is 61.8. The number of carbonyl (C=O) groups excluding carboxylic acids is 4. The van der Waals surface area contributed by atoms with Crippen LogP contribution in [-0.4, -0.2) is 96.7 Å². The first kappa shape index (κ1) is 88.1. The van der Waals surface area contributed by atoms with Crippen LogP contribution in [0.2, 0.25) is 0 Å². The molecule has 5 atom stereocenters. The van der Waals surface area contributed by atoms with Crippen LogP contribution in [0.15, 0.2) is 0 Å². The maximum atomic E-state index is 13.0. The summed E-state index contributed by atoms with van der Waals surface area (Å²) in [6.07, 6.45) is 48.7. The summed E-state index contributed by atoms with van der Waals surface area (Å²) in [5.74, 6) is -0.546. The van der Waals surface area contributed by atoms with Crippen LogP contribution in [-0.2, 0) is 65.4 Å². The van der Waals surface area contributed by atoms with Gasteiger partial charge in [0.2, 0.25) is 0 Å². The number of rotatable bonds is 70. The van der Waals surface area contributed by atoms with Crippen LogP contribution in [0, 0.1) is 11.8 Å². The highest BCUT2D eigenvalue weighted by Gasteiger charge is 2.30. The first-order chi connectivity index (χ1) is 43.4. The Labute approximate surface area is 549 Å². The number of phosphoric acid groups is 2. The molecule has 90 heavy (non-hydrogen) atoms. The predicted molar refractivity (Wildman–Crippen MR) is 363 cm³/mol. The van der Waals surface area contributed by atoms with Gasteiger partial charge in [-0.15, -0.1) is 0 Å². The third kappa shape index (κ3) is 64.8. The van der Waals surface area contributed by atoms with Crippen molar-refractivity contribution in [1.82, 2.24) is 0 Å². The molecule has 0 saturated carbocycles. The average molecular weight is 1330 g/mol. The lowest BCUT2D eigenvalue weighted by molar-refractivity contribution is -0.161. The SMILES string of the molecule is CCCCCCCCCCCC(=O)O[C@H](COC(=O)CCCCCCCCCC)COP(=O)(O)OC[C@H](O)COP(=O)(O)OC[C@@H](COC(=O)CCCCCCCCCCCCCC(C)C)OC(=O)CCCCCCCCCCCCCCCCCCC(C)C. The molecule has 534 valence electrons. The van der Waals surface area contributed by atoms with E-state index >= 15 is 0 Å². The molecular formula is C71H138O17P2. The zero-order valence-electron chi connectivity index (χ0n) is 58.4. The summed E-state index contributed by atoms with van der Waals surface area (Å²) < 4.78 is 68.2. The Morgan fingerprint density at radius 1 is 0.300 bits per heavy atom. The molecule has 0 fully saturated rings. The summed E-state index contributed by atoms with van der Waals surface area (Å²) in [4.78, 5) is 72.4. The molecule has 0 heterocycles. The molecule has 19 heteroatoms. The van der Waals surface area contributed by atoms with Crippen LogP contribution >= 0.6 is 15.6 Å². The molecule has 17 nitrogen and oxygen atoms in total. The molecule has 3 N–H and O–H groups in total. The van der Waals surface area contributed by atoms with Gasteiger partial charge in [-0.2, -0.15) is 0 Å². The molecule has 0 aliphatic heterocycles. The summed E-state index contributed by atoms with van der Waals surface area (Å²) in [5, 5.41) is 10.6. The van der Waals surface area contributed by atoms with Gasteiger partial charge in [-0.05, 0) is 37.5 Å². The van der Waals surface area contributed by atoms with E-state index in [0.29, 0.717) is 25.7 Å². The molecule has 0 aliphatic rings. The number of carbonyl (C=O) groups is 4. The van der Waals surface area contributed by atoms with E-state index in [0.717, 1.165) is 108 Å². The zero-order chi connectivity index (χ0) is 66.5. The molecule has 0 radical (unpaired) electrons. The van der Waals surface area contributed by atoms with Gasteiger partial charge in [0.1, 0.15) is 19.3 Å². The lowest BCUT2D eigenvalue weighted by Crippen LogP contribution is -2.30. The number of aliphatic hydroxyl groups excluding tert-OH is 1. The van der Waals surface area contributed by atoms with E-state index in [1.807, 2.05) is 0 Å². The van der Waals surface area contributed by atoms with E-state index in [9.17, 15) is 43.2 Å². The maximum Gasteiger partial charge on any atom is 0.472 e. The van der Waals surface area contributed by atoms with Crippen molar-refractivity contribution in [2.24, 2.45) is 11.8 Å². The van der Waals surface area contributed by atoms with Gasteiger partial charge < -0.3 is 33.8 Å². The molecule has 0 aromatic rings. The standard InChI is InChI=1S/C71H138O17P2/c1-7-9-11-13-15-28-37-43-49-55-70(75)87-66(59-81-68(73)53-47-41-35-16-14-12-10-8-2)61-85-89(77,78)83-57-65(72)58-84-90(79,80)86-62-67(60-82-69(74)54-48-42-36-31-27-23-25-30-34-40-46-52-64(5)6)88-71(76)56-50-44-38-32-26-22-20-18-17-19-21-24-29-33-39-45-51-63(3)4/h63-67,72H,7-62H2,1-6H3,(H,77,78)(H,79,80)/t65-,66+,67+/m0/s1. The second kappa shape index (κ2) is 63.1. The fraction of sp³-hybridized carbons (Fsp3) is 0.944. The first-order valence-electron chi connectivity index (χ1n) is 37.0. The molecule has 0 rings (SSSR count). The molecule has 2 unspecified atom stereocenters. The van der Waals surface area contributed by atoms with Crippen LogP contribution in [0.3, 0.4) is 0 Å². The monoisotopic (exact) mass is 1320 g/mol. The van der Waals surface area contributed by atoms with Crippen molar-refractivity contribution >= 4 is 39.5 Å². The Morgan fingerprint density at radius 3 is 0.756 bits per heavy atom. The highest BCUT2D eigenvalue weighted by Crippen LogP contribution is 2.45. The van der Waals surface area contributed by atoms with Gasteiger partial charge in [-0.25, -0.2) is 9.13 Å². The number of aliphatic hydroxyl groups is 1. The van der Waals surface area contributed by atoms with E-state index in [1.165, 1.54) is 173 Å². The number of esters is 4. The summed E-state index contributed by atoms with van der Waals surface area (Å²) in [7, 11) is -9.89. The van der Waals surface area contributed by atoms with Crippen molar-refractivity contribution in [3.63, 3.8) is 0 Å². The predicted octanol–water partition coefficient (Wildman–Crippen LogP) is 20.4. The van der Waals surface area contributed by atoms with Crippen molar-refractivity contribution in [3.8, 4) is 0 Å².